The number of aryl methyl sites for hydroxylation is 1. The first kappa shape index (κ1) is 21.4. The lowest BCUT2D eigenvalue weighted by molar-refractivity contribution is 0.186. The standard InChI is InChI=1S/C10H20N2O2.C7H8O3S/c1-7(12-10(13)14)6-8-2-4-9(11)5-3-8;1-6-2-4-7(5-3-6)11(8,9)10/h7-9,12H,2-6,11H2,1H3,(H,13,14);2-5H,1H3,(H,8,9,10). The lowest BCUT2D eigenvalue weighted by Crippen LogP contribution is -2.34. The summed E-state index contributed by atoms with van der Waals surface area (Å²) < 4.78 is 29.6. The van der Waals surface area contributed by atoms with Crippen molar-refractivity contribution in [3.05, 3.63) is 29.8 Å². The van der Waals surface area contributed by atoms with Crippen LogP contribution >= 0.6 is 0 Å². The number of carbonyl (C=O) groups is 1. The number of hydrogen-bond donors (Lipinski definition) is 4. The Morgan fingerprint density at radius 1 is 1.24 bits per heavy atom. The van der Waals surface area contributed by atoms with E-state index in [0.717, 1.165) is 37.7 Å². The molecule has 0 heterocycles. The van der Waals surface area contributed by atoms with Gasteiger partial charge in [-0.15, -0.1) is 0 Å². The third kappa shape index (κ3) is 8.85. The highest BCUT2D eigenvalue weighted by molar-refractivity contribution is 7.85. The zero-order valence-corrected chi connectivity index (χ0v) is 15.5. The van der Waals surface area contributed by atoms with Crippen molar-refractivity contribution in [2.24, 2.45) is 11.7 Å². The number of hydrogen-bond acceptors (Lipinski definition) is 4. The molecule has 1 unspecified atom stereocenters. The summed E-state index contributed by atoms with van der Waals surface area (Å²) in [5, 5.41) is 11.0. The maximum Gasteiger partial charge on any atom is 0.404 e. The molecule has 1 aliphatic rings. The summed E-state index contributed by atoms with van der Waals surface area (Å²) in [6.45, 7) is 3.76. The van der Waals surface area contributed by atoms with Gasteiger partial charge in [0.15, 0.2) is 0 Å². The monoisotopic (exact) mass is 372 g/mol. The minimum Gasteiger partial charge on any atom is -0.465 e. The molecule has 0 radical (unpaired) electrons. The largest absolute Gasteiger partial charge is 0.465 e. The quantitative estimate of drug-likeness (QED) is 0.601. The highest BCUT2D eigenvalue weighted by atomic mass is 32.2. The molecule has 0 spiro atoms. The smallest absolute Gasteiger partial charge is 0.404 e. The zero-order chi connectivity index (χ0) is 19.0. The maximum atomic E-state index is 10.5. The van der Waals surface area contributed by atoms with Gasteiger partial charge in [-0.25, -0.2) is 4.79 Å². The summed E-state index contributed by atoms with van der Waals surface area (Å²) >= 11 is 0. The minimum atomic E-state index is -4.02. The van der Waals surface area contributed by atoms with Gasteiger partial charge in [0.25, 0.3) is 10.1 Å². The SMILES string of the molecule is CC(CC1CCC(N)CC1)NC(=O)O.Cc1ccc(S(=O)(=O)O)cc1. The van der Waals surface area contributed by atoms with Crippen LogP contribution in [0.5, 0.6) is 0 Å². The predicted octanol–water partition coefficient (Wildman–Crippen LogP) is 2.79. The molecule has 1 aromatic carbocycles. The molecule has 1 saturated carbocycles. The van der Waals surface area contributed by atoms with E-state index in [1.54, 1.807) is 12.1 Å². The maximum absolute atomic E-state index is 10.5. The van der Waals surface area contributed by atoms with Gasteiger partial charge in [0, 0.05) is 12.1 Å². The van der Waals surface area contributed by atoms with Crippen molar-refractivity contribution >= 4 is 16.2 Å². The van der Waals surface area contributed by atoms with E-state index >= 15 is 0 Å². The number of nitrogens with one attached hydrogen (secondary N) is 1. The number of carboxylic acid groups (broad SMARTS) is 1. The zero-order valence-electron chi connectivity index (χ0n) is 14.7. The molecule has 1 atom stereocenters. The van der Waals surface area contributed by atoms with Crippen LogP contribution < -0.4 is 11.1 Å². The van der Waals surface area contributed by atoms with Crippen LogP contribution in [-0.4, -0.2) is 36.3 Å². The molecule has 2 rings (SSSR count). The van der Waals surface area contributed by atoms with Crippen molar-refractivity contribution in [3.63, 3.8) is 0 Å². The molecule has 25 heavy (non-hydrogen) atoms. The fourth-order valence-electron chi connectivity index (χ4n) is 2.90. The summed E-state index contributed by atoms with van der Waals surface area (Å²) in [4.78, 5) is 10.3. The molecular weight excluding hydrogens is 344 g/mol. The van der Waals surface area contributed by atoms with Crippen LogP contribution in [0.3, 0.4) is 0 Å². The number of amides is 1. The molecule has 7 nitrogen and oxygen atoms in total. The van der Waals surface area contributed by atoms with E-state index in [1.807, 2.05) is 13.8 Å². The normalized spacial score (nSPS) is 21.6. The molecule has 0 aromatic heterocycles. The Morgan fingerprint density at radius 2 is 1.76 bits per heavy atom. The number of nitrogens with two attached hydrogens (primary N) is 1. The van der Waals surface area contributed by atoms with Gasteiger partial charge >= 0.3 is 6.09 Å². The van der Waals surface area contributed by atoms with Crippen molar-refractivity contribution in [1.82, 2.24) is 5.32 Å². The van der Waals surface area contributed by atoms with Gasteiger partial charge in [0.05, 0.1) is 4.90 Å². The predicted molar refractivity (Wildman–Crippen MR) is 96.2 cm³/mol. The second kappa shape index (κ2) is 9.74. The molecular formula is C17H28N2O5S. The molecule has 1 fully saturated rings. The lowest BCUT2D eigenvalue weighted by atomic mass is 9.83. The minimum absolute atomic E-state index is 0.0619. The third-order valence-electron chi connectivity index (χ3n) is 4.27. The first-order valence-electron chi connectivity index (χ1n) is 8.37. The topological polar surface area (TPSA) is 130 Å². The van der Waals surface area contributed by atoms with Crippen LogP contribution in [0.1, 0.15) is 44.6 Å². The second-order valence-electron chi connectivity index (χ2n) is 6.66. The molecule has 0 aliphatic heterocycles. The van der Waals surface area contributed by atoms with E-state index in [-0.39, 0.29) is 10.9 Å². The van der Waals surface area contributed by atoms with E-state index in [1.165, 1.54) is 12.1 Å². The first-order chi connectivity index (χ1) is 11.6. The van der Waals surface area contributed by atoms with Crippen molar-refractivity contribution in [2.45, 2.75) is 62.9 Å². The Labute approximate surface area is 149 Å². The molecule has 142 valence electrons. The van der Waals surface area contributed by atoms with Gasteiger partial charge in [-0.2, -0.15) is 8.42 Å². The van der Waals surface area contributed by atoms with Gasteiger partial charge < -0.3 is 16.2 Å². The van der Waals surface area contributed by atoms with Crippen molar-refractivity contribution in [1.29, 1.82) is 0 Å². The Morgan fingerprint density at radius 3 is 2.20 bits per heavy atom. The summed E-state index contributed by atoms with van der Waals surface area (Å²) in [6, 6.07) is 6.42. The van der Waals surface area contributed by atoms with Crippen LogP contribution in [0.25, 0.3) is 0 Å². The van der Waals surface area contributed by atoms with E-state index in [9.17, 15) is 13.2 Å². The van der Waals surface area contributed by atoms with Gasteiger partial charge in [-0.1, -0.05) is 17.7 Å². The molecule has 8 heteroatoms. The highest BCUT2D eigenvalue weighted by Gasteiger charge is 2.20. The van der Waals surface area contributed by atoms with Crippen LogP contribution in [0, 0.1) is 12.8 Å². The average Bonchev–Trinajstić information content (AvgIpc) is 2.49. The Balaban J connectivity index is 0.000000257. The van der Waals surface area contributed by atoms with Gasteiger partial charge in [0.1, 0.15) is 0 Å². The van der Waals surface area contributed by atoms with E-state index in [0.29, 0.717) is 12.0 Å². The molecule has 5 N–H and O–H groups in total. The van der Waals surface area contributed by atoms with Crippen molar-refractivity contribution in [2.75, 3.05) is 0 Å². The van der Waals surface area contributed by atoms with Crippen molar-refractivity contribution < 1.29 is 22.9 Å². The van der Waals surface area contributed by atoms with Crippen molar-refractivity contribution in [3.8, 4) is 0 Å². The fraction of sp³-hybridized carbons (Fsp3) is 0.588. The third-order valence-corrected chi connectivity index (χ3v) is 5.13. The molecule has 0 bridgehead atoms. The lowest BCUT2D eigenvalue weighted by Gasteiger charge is -2.27. The van der Waals surface area contributed by atoms with Crippen LogP contribution in [-0.2, 0) is 10.1 Å². The fourth-order valence-corrected chi connectivity index (χ4v) is 3.38. The summed E-state index contributed by atoms with van der Waals surface area (Å²) in [7, 11) is -4.02. The van der Waals surface area contributed by atoms with Gasteiger partial charge in [-0.3, -0.25) is 4.55 Å². The first-order valence-corrected chi connectivity index (χ1v) is 9.81. The second-order valence-corrected chi connectivity index (χ2v) is 8.08. The summed E-state index contributed by atoms with van der Waals surface area (Å²) in [5.41, 5.74) is 6.75. The number of rotatable bonds is 4. The number of benzene rings is 1. The Hall–Kier alpha value is -1.64. The Bertz CT molecular complexity index is 638. The molecule has 1 aliphatic carbocycles. The summed E-state index contributed by atoms with van der Waals surface area (Å²) in [5.74, 6) is 0.650. The van der Waals surface area contributed by atoms with E-state index < -0.39 is 16.2 Å². The van der Waals surface area contributed by atoms with E-state index in [4.69, 9.17) is 15.4 Å². The van der Waals surface area contributed by atoms with Crippen LogP contribution in [0.2, 0.25) is 0 Å². The van der Waals surface area contributed by atoms with E-state index in [2.05, 4.69) is 5.32 Å². The van der Waals surface area contributed by atoms with Gasteiger partial charge in [-0.05, 0) is 64.0 Å². The summed E-state index contributed by atoms with van der Waals surface area (Å²) in [6.07, 6.45) is 4.48. The average molecular weight is 372 g/mol. The van der Waals surface area contributed by atoms with Gasteiger partial charge in [0.2, 0.25) is 0 Å². The molecule has 1 amide bonds. The molecule has 0 saturated heterocycles. The van der Waals surface area contributed by atoms with Crippen LogP contribution in [0.15, 0.2) is 29.2 Å². The highest BCUT2D eigenvalue weighted by Crippen LogP contribution is 2.26. The molecule has 1 aromatic rings. The Kier molecular flexibility index (Phi) is 8.34. The van der Waals surface area contributed by atoms with Crippen LogP contribution in [0.4, 0.5) is 4.79 Å².